The molecular formula is C21H22F3N5O. The van der Waals surface area contributed by atoms with E-state index in [2.05, 4.69) is 16.3 Å². The molecule has 1 atom stereocenters. The Kier molecular flexibility index (Phi) is 4.49. The van der Waals surface area contributed by atoms with Gasteiger partial charge < -0.3 is 15.4 Å². The van der Waals surface area contributed by atoms with Gasteiger partial charge in [-0.1, -0.05) is 13.8 Å². The Hall–Kier alpha value is -3.15. The van der Waals surface area contributed by atoms with Crippen LogP contribution in [0.3, 0.4) is 0 Å². The second-order valence-corrected chi connectivity index (χ2v) is 8.05. The number of aromatic nitrogens is 2. The quantitative estimate of drug-likeness (QED) is 0.789. The number of nitrogens with two attached hydrogens (primary N) is 1. The largest absolute Gasteiger partial charge is 0.420 e. The summed E-state index contributed by atoms with van der Waals surface area (Å²) in [5, 5.41) is 17.0. The lowest BCUT2D eigenvalue weighted by atomic mass is 9.61. The standard InChI is InChI=1S/C21H22F3N5O/c1-11(2)20(16(10-25)18(26)30-19-17(20)12(3)27-28-19)13-7-14(21(22,23)24)9-15(8-13)29-5-4-6-29/h7-9,11H,4-6,26H2,1-3H3,(H,27,28). The molecule has 1 unspecified atom stereocenters. The number of alkyl halides is 3. The molecule has 2 aromatic rings. The molecule has 30 heavy (non-hydrogen) atoms. The number of aromatic amines is 1. The van der Waals surface area contributed by atoms with Gasteiger partial charge in [0.2, 0.25) is 11.8 Å². The SMILES string of the molecule is Cc1[nH]nc2c1C(c1cc(N3CCC3)cc(C(F)(F)F)c1)(C(C)C)C(C#N)=C(N)O2. The zero-order chi connectivity index (χ0) is 21.8. The Labute approximate surface area is 172 Å². The molecule has 2 aliphatic heterocycles. The third-order valence-corrected chi connectivity index (χ3v) is 6.06. The maximum atomic E-state index is 13.8. The van der Waals surface area contributed by atoms with Gasteiger partial charge in [-0.25, -0.2) is 0 Å². The molecule has 6 nitrogen and oxygen atoms in total. The fraction of sp³-hybridized carbons (Fsp3) is 0.429. The summed E-state index contributed by atoms with van der Waals surface area (Å²) in [7, 11) is 0. The first kappa shape index (κ1) is 20.1. The van der Waals surface area contributed by atoms with E-state index in [1.807, 2.05) is 18.7 Å². The van der Waals surface area contributed by atoms with Crippen LogP contribution in [0.25, 0.3) is 0 Å². The van der Waals surface area contributed by atoms with Crippen molar-refractivity contribution in [1.29, 1.82) is 5.26 Å². The van der Waals surface area contributed by atoms with Crippen LogP contribution in [0.1, 0.15) is 42.7 Å². The minimum atomic E-state index is -4.53. The van der Waals surface area contributed by atoms with Crippen molar-refractivity contribution in [2.45, 2.75) is 38.8 Å². The molecule has 9 heteroatoms. The van der Waals surface area contributed by atoms with E-state index in [0.717, 1.165) is 18.6 Å². The van der Waals surface area contributed by atoms with Crippen LogP contribution >= 0.6 is 0 Å². The Morgan fingerprint density at radius 3 is 2.53 bits per heavy atom. The number of fused-ring (bicyclic) bond motifs is 1. The third-order valence-electron chi connectivity index (χ3n) is 6.06. The van der Waals surface area contributed by atoms with Crippen molar-refractivity contribution < 1.29 is 17.9 Å². The van der Waals surface area contributed by atoms with Crippen molar-refractivity contribution in [2.75, 3.05) is 18.0 Å². The number of H-pyrrole nitrogens is 1. The molecule has 4 rings (SSSR count). The second-order valence-electron chi connectivity index (χ2n) is 8.05. The lowest BCUT2D eigenvalue weighted by Gasteiger charge is -2.42. The summed E-state index contributed by atoms with van der Waals surface area (Å²) in [6.45, 7) is 6.85. The molecule has 0 bridgehead atoms. The number of ether oxygens (including phenoxy) is 1. The molecular weight excluding hydrogens is 395 g/mol. The van der Waals surface area contributed by atoms with Crippen LogP contribution in [0, 0.1) is 24.2 Å². The van der Waals surface area contributed by atoms with Crippen molar-refractivity contribution >= 4 is 5.69 Å². The number of allylic oxidation sites excluding steroid dienone is 1. The van der Waals surface area contributed by atoms with E-state index in [9.17, 15) is 18.4 Å². The summed E-state index contributed by atoms with van der Waals surface area (Å²) in [4.78, 5) is 1.90. The van der Waals surface area contributed by atoms with Crippen molar-refractivity contribution in [2.24, 2.45) is 11.7 Å². The van der Waals surface area contributed by atoms with Gasteiger partial charge in [-0.2, -0.15) is 18.4 Å². The van der Waals surface area contributed by atoms with Crippen LogP contribution in [-0.2, 0) is 11.6 Å². The number of benzene rings is 1. The number of nitrogens with one attached hydrogen (secondary N) is 1. The fourth-order valence-corrected chi connectivity index (χ4v) is 4.52. The number of aryl methyl sites for hydroxylation is 1. The van der Waals surface area contributed by atoms with E-state index in [-0.39, 0.29) is 23.3 Å². The highest BCUT2D eigenvalue weighted by Crippen LogP contribution is 2.53. The Bertz CT molecular complexity index is 1080. The lowest BCUT2D eigenvalue weighted by molar-refractivity contribution is -0.137. The highest BCUT2D eigenvalue weighted by atomic mass is 19.4. The summed E-state index contributed by atoms with van der Waals surface area (Å²) < 4.78 is 47.1. The first-order chi connectivity index (χ1) is 14.1. The molecule has 3 N–H and O–H groups in total. The van der Waals surface area contributed by atoms with Crippen LogP contribution < -0.4 is 15.4 Å². The molecule has 158 valence electrons. The van der Waals surface area contributed by atoms with Gasteiger partial charge in [0.25, 0.3) is 0 Å². The van der Waals surface area contributed by atoms with Crippen LogP contribution in [0.4, 0.5) is 18.9 Å². The van der Waals surface area contributed by atoms with E-state index in [1.54, 1.807) is 13.0 Å². The molecule has 0 saturated carbocycles. The summed E-state index contributed by atoms with van der Waals surface area (Å²) in [5.41, 5.74) is 6.15. The molecule has 0 aliphatic carbocycles. The van der Waals surface area contributed by atoms with Gasteiger partial charge in [0.15, 0.2) is 0 Å². The highest BCUT2D eigenvalue weighted by molar-refractivity contribution is 5.65. The maximum Gasteiger partial charge on any atom is 0.416 e. The first-order valence-electron chi connectivity index (χ1n) is 9.72. The van der Waals surface area contributed by atoms with E-state index in [1.165, 1.54) is 0 Å². The summed E-state index contributed by atoms with van der Waals surface area (Å²) in [6.07, 6.45) is -3.61. The van der Waals surface area contributed by atoms with Crippen molar-refractivity contribution in [3.63, 3.8) is 0 Å². The monoisotopic (exact) mass is 417 g/mol. The number of hydrogen-bond donors (Lipinski definition) is 2. The van der Waals surface area contributed by atoms with Gasteiger partial charge in [0.1, 0.15) is 11.6 Å². The minimum Gasteiger partial charge on any atom is -0.420 e. The highest BCUT2D eigenvalue weighted by Gasteiger charge is 2.51. The average Bonchev–Trinajstić information content (AvgIpc) is 2.98. The summed E-state index contributed by atoms with van der Waals surface area (Å²) in [5.74, 6) is -0.272. The summed E-state index contributed by atoms with van der Waals surface area (Å²) >= 11 is 0. The zero-order valence-electron chi connectivity index (χ0n) is 16.9. The van der Waals surface area contributed by atoms with Crippen molar-refractivity contribution in [3.05, 3.63) is 52.0 Å². The zero-order valence-corrected chi connectivity index (χ0v) is 16.9. The average molecular weight is 417 g/mol. The lowest BCUT2D eigenvalue weighted by Crippen LogP contribution is -2.42. The fourth-order valence-electron chi connectivity index (χ4n) is 4.52. The number of halogens is 3. The number of rotatable bonds is 3. The molecule has 1 aromatic carbocycles. The van der Waals surface area contributed by atoms with Crippen LogP contribution in [0.15, 0.2) is 29.7 Å². The van der Waals surface area contributed by atoms with Gasteiger partial charge in [-0.3, -0.25) is 5.10 Å². The number of nitriles is 1. The predicted molar refractivity (Wildman–Crippen MR) is 105 cm³/mol. The number of hydrogen-bond acceptors (Lipinski definition) is 5. The topological polar surface area (TPSA) is 91.0 Å². The van der Waals surface area contributed by atoms with Crippen LogP contribution in [0.2, 0.25) is 0 Å². The van der Waals surface area contributed by atoms with Crippen molar-refractivity contribution in [3.8, 4) is 11.9 Å². The Morgan fingerprint density at radius 1 is 1.30 bits per heavy atom. The molecule has 0 spiro atoms. The predicted octanol–water partition coefficient (Wildman–Crippen LogP) is 3.98. The molecule has 1 fully saturated rings. The second kappa shape index (κ2) is 6.69. The van der Waals surface area contributed by atoms with E-state index >= 15 is 0 Å². The normalized spacial score (nSPS) is 21.2. The Balaban J connectivity index is 2.09. The molecule has 2 aliphatic rings. The van der Waals surface area contributed by atoms with Gasteiger partial charge in [-0.05, 0) is 43.0 Å². The number of nitrogens with zero attached hydrogens (tertiary/aromatic N) is 3. The Morgan fingerprint density at radius 2 is 2.00 bits per heavy atom. The molecule has 0 radical (unpaired) electrons. The van der Waals surface area contributed by atoms with E-state index in [0.29, 0.717) is 35.6 Å². The van der Waals surface area contributed by atoms with Crippen molar-refractivity contribution in [1.82, 2.24) is 10.2 Å². The van der Waals surface area contributed by atoms with Crippen LogP contribution in [-0.4, -0.2) is 23.3 Å². The van der Waals surface area contributed by atoms with Gasteiger partial charge in [0, 0.05) is 24.5 Å². The van der Waals surface area contributed by atoms with Crippen LogP contribution in [0.5, 0.6) is 5.88 Å². The third kappa shape index (κ3) is 2.74. The van der Waals surface area contributed by atoms with E-state index < -0.39 is 17.2 Å². The maximum absolute atomic E-state index is 13.8. The minimum absolute atomic E-state index is 0.0865. The van der Waals surface area contributed by atoms with E-state index in [4.69, 9.17) is 10.5 Å². The summed E-state index contributed by atoms with van der Waals surface area (Å²) in [6, 6.07) is 6.13. The van der Waals surface area contributed by atoms with Gasteiger partial charge >= 0.3 is 6.18 Å². The smallest absolute Gasteiger partial charge is 0.416 e. The molecule has 1 saturated heterocycles. The van der Waals surface area contributed by atoms with Gasteiger partial charge in [-0.15, -0.1) is 5.10 Å². The van der Waals surface area contributed by atoms with Gasteiger partial charge in [0.05, 0.1) is 16.5 Å². The number of anilines is 1. The first-order valence-corrected chi connectivity index (χ1v) is 9.72. The molecule has 1 aromatic heterocycles. The molecule has 0 amide bonds. The molecule has 3 heterocycles.